The van der Waals surface area contributed by atoms with E-state index in [0.717, 1.165) is 11.1 Å². The number of nitrogens with one attached hydrogen (secondary N) is 1. The van der Waals surface area contributed by atoms with Crippen LogP contribution < -0.4 is 19.9 Å². The number of carbonyl (C=O) groups is 1. The van der Waals surface area contributed by atoms with Gasteiger partial charge in [0.25, 0.3) is 0 Å². The molecule has 1 aromatic heterocycles. The standard InChI is InChI=1S/C38H36F2N5O3Si/c1-36(2,3)38(26-12-8-6-9-13-26,27-14-10-7-11-15-27)37(4,48-49)45-33-25(23-41-34(43-33)42-29-18-16-28(39)17-19-29)24-44(35(45)46)32-21-20-30(47-5)22-31(32)40/h6-23H,24H2,1-5H3,(H,41,42,43)/t37-/m0/s1. The maximum Gasteiger partial charge on any atom is 0.332 e. The third-order valence-corrected chi connectivity index (χ3v) is 9.61. The molecule has 249 valence electrons. The second kappa shape index (κ2) is 13.1. The van der Waals surface area contributed by atoms with Gasteiger partial charge in [0.2, 0.25) is 16.4 Å². The minimum atomic E-state index is -1.58. The van der Waals surface area contributed by atoms with Crippen molar-refractivity contribution in [1.82, 2.24) is 9.97 Å². The summed E-state index contributed by atoms with van der Waals surface area (Å²) in [5.74, 6) is -0.276. The topological polar surface area (TPSA) is 79.8 Å². The first kappa shape index (κ1) is 33.8. The lowest BCUT2D eigenvalue weighted by atomic mass is 9.53. The van der Waals surface area contributed by atoms with Crippen LogP contribution in [0.25, 0.3) is 0 Å². The number of carbonyl (C=O) groups excluding carboxylic acids is 1. The molecule has 0 spiro atoms. The SMILES string of the molecule is COc1ccc(N2Cc3cnc(Nc4ccc(F)cc4)nc3N([C@@](C)(O[Si])C(c3ccccc3)(c3ccccc3)C(C)(C)C)C2=O)c(F)c1. The van der Waals surface area contributed by atoms with E-state index in [0.29, 0.717) is 17.0 Å². The first-order chi connectivity index (χ1) is 23.4. The molecule has 0 unspecified atom stereocenters. The van der Waals surface area contributed by atoms with Gasteiger partial charge in [-0.15, -0.1) is 0 Å². The number of urea groups is 1. The van der Waals surface area contributed by atoms with E-state index in [-0.39, 0.29) is 29.8 Å². The highest BCUT2D eigenvalue weighted by molar-refractivity contribution is 6.08. The van der Waals surface area contributed by atoms with Crippen LogP contribution in [0.3, 0.4) is 0 Å². The zero-order valence-electron chi connectivity index (χ0n) is 27.9. The summed E-state index contributed by atoms with van der Waals surface area (Å²) in [6.45, 7) is 8.08. The lowest BCUT2D eigenvalue weighted by Crippen LogP contribution is -2.71. The Kier molecular flexibility index (Phi) is 8.99. The summed E-state index contributed by atoms with van der Waals surface area (Å²) in [6.07, 6.45) is 1.60. The minimum Gasteiger partial charge on any atom is -0.497 e. The molecule has 5 aromatic rings. The third kappa shape index (κ3) is 5.72. The normalized spacial score (nSPS) is 14.7. The van der Waals surface area contributed by atoms with Gasteiger partial charge in [-0.2, -0.15) is 4.98 Å². The largest absolute Gasteiger partial charge is 0.497 e. The van der Waals surface area contributed by atoms with Gasteiger partial charge in [-0.25, -0.2) is 23.5 Å². The van der Waals surface area contributed by atoms with Gasteiger partial charge in [-0.05, 0) is 59.9 Å². The number of nitrogens with zero attached hydrogens (tertiary/aromatic N) is 4. The first-order valence-electron chi connectivity index (χ1n) is 15.7. The van der Waals surface area contributed by atoms with E-state index in [1.807, 2.05) is 67.6 Å². The van der Waals surface area contributed by atoms with Crippen LogP contribution in [0.1, 0.15) is 44.4 Å². The summed E-state index contributed by atoms with van der Waals surface area (Å²) in [4.78, 5) is 27.4. The van der Waals surface area contributed by atoms with Crippen molar-refractivity contribution in [3.05, 3.63) is 138 Å². The molecular formula is C38H36F2N5O3Si. The van der Waals surface area contributed by atoms with E-state index in [4.69, 9.17) is 14.1 Å². The minimum absolute atomic E-state index is 0.0261. The Balaban J connectivity index is 1.64. The molecule has 0 bridgehead atoms. The molecule has 3 radical (unpaired) electrons. The summed E-state index contributed by atoms with van der Waals surface area (Å²) in [5, 5.41) is 3.12. The fourth-order valence-electron chi connectivity index (χ4n) is 7.21. The van der Waals surface area contributed by atoms with E-state index >= 15 is 9.18 Å². The van der Waals surface area contributed by atoms with Gasteiger partial charge in [-0.1, -0.05) is 81.4 Å². The van der Waals surface area contributed by atoms with Crippen molar-refractivity contribution >= 4 is 39.7 Å². The molecule has 8 nitrogen and oxygen atoms in total. The van der Waals surface area contributed by atoms with E-state index in [1.165, 1.54) is 41.2 Å². The van der Waals surface area contributed by atoms with E-state index in [2.05, 4.69) is 41.6 Å². The van der Waals surface area contributed by atoms with Crippen LogP contribution in [0.4, 0.5) is 36.7 Å². The monoisotopic (exact) mass is 676 g/mol. The Hall–Kier alpha value is -5.13. The smallest absolute Gasteiger partial charge is 0.332 e. The van der Waals surface area contributed by atoms with Crippen LogP contribution in [-0.4, -0.2) is 39.3 Å². The second-order valence-electron chi connectivity index (χ2n) is 13.0. The molecule has 0 saturated carbocycles. The van der Waals surface area contributed by atoms with Crippen LogP contribution in [0.5, 0.6) is 5.75 Å². The summed E-state index contributed by atoms with van der Waals surface area (Å²) in [6, 6.07) is 29.3. The first-order valence-corrected chi connectivity index (χ1v) is 16.1. The molecular weight excluding hydrogens is 641 g/mol. The molecule has 1 N–H and O–H groups in total. The molecule has 0 saturated heterocycles. The number of aromatic nitrogens is 2. The van der Waals surface area contributed by atoms with Crippen LogP contribution in [-0.2, 0) is 16.4 Å². The van der Waals surface area contributed by atoms with Crippen LogP contribution in [0, 0.1) is 17.0 Å². The van der Waals surface area contributed by atoms with Crippen molar-refractivity contribution in [3.63, 3.8) is 0 Å². The Bertz CT molecular complexity index is 1920. The van der Waals surface area contributed by atoms with Gasteiger partial charge in [-0.3, -0.25) is 4.90 Å². The summed E-state index contributed by atoms with van der Waals surface area (Å²) in [5.41, 5.74) is -0.425. The van der Waals surface area contributed by atoms with E-state index < -0.39 is 28.4 Å². The number of rotatable bonds is 9. The van der Waals surface area contributed by atoms with Crippen molar-refractivity contribution in [2.24, 2.45) is 5.41 Å². The maximum absolute atomic E-state index is 15.8. The zero-order chi connectivity index (χ0) is 35.0. The highest BCUT2D eigenvalue weighted by atomic mass is 28.2. The number of amides is 2. The van der Waals surface area contributed by atoms with Crippen molar-refractivity contribution in [3.8, 4) is 5.75 Å². The predicted octanol–water partition coefficient (Wildman–Crippen LogP) is 8.30. The lowest BCUT2D eigenvalue weighted by molar-refractivity contribution is -0.0243. The van der Waals surface area contributed by atoms with Crippen molar-refractivity contribution in [2.45, 2.75) is 45.4 Å². The van der Waals surface area contributed by atoms with Gasteiger partial charge in [0.05, 0.1) is 24.8 Å². The summed E-state index contributed by atoms with van der Waals surface area (Å²) in [7, 11) is 4.92. The number of halogens is 2. The Morgan fingerprint density at radius 1 is 0.857 bits per heavy atom. The molecule has 1 aliphatic rings. The summed E-state index contributed by atoms with van der Waals surface area (Å²) >= 11 is 0. The van der Waals surface area contributed by atoms with Crippen molar-refractivity contribution in [2.75, 3.05) is 22.2 Å². The number of hydrogen-bond donors (Lipinski definition) is 1. The van der Waals surface area contributed by atoms with Crippen molar-refractivity contribution < 1.29 is 22.7 Å². The fourth-order valence-corrected chi connectivity index (χ4v) is 7.46. The third-order valence-electron chi connectivity index (χ3n) is 9.21. The number of anilines is 4. The van der Waals surface area contributed by atoms with Crippen LogP contribution in [0.2, 0.25) is 0 Å². The van der Waals surface area contributed by atoms with Crippen molar-refractivity contribution in [1.29, 1.82) is 0 Å². The molecule has 1 aliphatic heterocycles. The van der Waals surface area contributed by atoms with Gasteiger partial charge in [0.1, 0.15) is 17.4 Å². The fraction of sp³-hybridized carbons (Fsp3) is 0.237. The zero-order valence-corrected chi connectivity index (χ0v) is 28.9. The Morgan fingerprint density at radius 2 is 1.47 bits per heavy atom. The molecule has 2 heterocycles. The van der Waals surface area contributed by atoms with Gasteiger partial charge < -0.3 is 14.5 Å². The molecule has 2 amide bonds. The quantitative estimate of drug-likeness (QED) is 0.158. The average Bonchev–Trinajstić information content (AvgIpc) is 3.09. The van der Waals surface area contributed by atoms with Gasteiger partial charge in [0, 0.05) is 23.5 Å². The number of hydrogen-bond acceptors (Lipinski definition) is 6. The molecule has 11 heteroatoms. The lowest BCUT2D eigenvalue weighted by Gasteiger charge is -2.60. The molecule has 1 atom stereocenters. The molecule has 0 fully saturated rings. The highest BCUT2D eigenvalue weighted by Gasteiger charge is 2.63. The van der Waals surface area contributed by atoms with Gasteiger partial charge >= 0.3 is 6.03 Å². The summed E-state index contributed by atoms with van der Waals surface area (Å²) < 4.78 is 41.2. The number of ether oxygens (including phenoxy) is 1. The molecule has 49 heavy (non-hydrogen) atoms. The molecule has 0 aliphatic carbocycles. The molecule has 4 aromatic carbocycles. The van der Waals surface area contributed by atoms with E-state index in [1.54, 1.807) is 24.4 Å². The number of benzene rings is 4. The predicted molar refractivity (Wildman–Crippen MR) is 187 cm³/mol. The molecule has 6 rings (SSSR count). The van der Waals surface area contributed by atoms with Crippen LogP contribution in [0.15, 0.2) is 109 Å². The number of fused-ring (bicyclic) bond motifs is 1. The van der Waals surface area contributed by atoms with Crippen LogP contribution >= 0.6 is 0 Å². The van der Waals surface area contributed by atoms with E-state index in [9.17, 15) is 4.39 Å². The Morgan fingerprint density at radius 3 is 2.00 bits per heavy atom. The maximum atomic E-state index is 15.8. The highest BCUT2D eigenvalue weighted by Crippen LogP contribution is 2.57. The second-order valence-corrected chi connectivity index (χ2v) is 13.2. The van der Waals surface area contributed by atoms with Gasteiger partial charge in [0.15, 0.2) is 11.5 Å². The average molecular weight is 677 g/mol. The number of methoxy groups -OCH3 is 1. The Labute approximate surface area is 288 Å².